The number of aromatic nitrogens is 1. The first-order valence-electron chi connectivity index (χ1n) is 16.4. The molecule has 0 saturated carbocycles. The molecule has 1 saturated heterocycles. The van der Waals surface area contributed by atoms with Crippen LogP contribution in [0.4, 0.5) is 35.1 Å². The van der Waals surface area contributed by atoms with Gasteiger partial charge in [-0.2, -0.15) is 26.3 Å². The molecule has 2 unspecified atom stereocenters. The second-order valence-electron chi connectivity index (χ2n) is 13.7. The smallest absolute Gasteiger partial charge is 0.419 e. The first-order chi connectivity index (χ1) is 24.0. The quantitative estimate of drug-likeness (QED) is 0.137. The van der Waals surface area contributed by atoms with Crippen molar-refractivity contribution in [1.82, 2.24) is 14.9 Å². The molecular weight excluding hydrogens is 706 g/mol. The van der Waals surface area contributed by atoms with Crippen LogP contribution in [0.2, 0.25) is 0 Å². The van der Waals surface area contributed by atoms with Crippen LogP contribution < -0.4 is 11.0 Å². The van der Waals surface area contributed by atoms with E-state index < -0.39 is 83.0 Å². The summed E-state index contributed by atoms with van der Waals surface area (Å²) >= 11 is 0. The Morgan fingerprint density at radius 2 is 1.52 bits per heavy atom. The summed E-state index contributed by atoms with van der Waals surface area (Å²) in [4.78, 5) is 45.7. The summed E-state index contributed by atoms with van der Waals surface area (Å²) in [7, 11) is 0. The molecule has 1 aromatic heterocycles. The lowest BCUT2D eigenvalue weighted by Crippen LogP contribution is -2.41. The minimum Gasteiger partial charge on any atom is -0.481 e. The van der Waals surface area contributed by atoms with Crippen molar-refractivity contribution in [3.8, 4) is 11.1 Å². The van der Waals surface area contributed by atoms with Crippen LogP contribution in [-0.4, -0.2) is 51.8 Å². The average Bonchev–Trinajstić information content (AvgIpc) is 2.96. The van der Waals surface area contributed by atoms with E-state index in [2.05, 4.69) is 0 Å². The molecule has 2 atom stereocenters. The van der Waals surface area contributed by atoms with Gasteiger partial charge in [0.2, 0.25) is 0 Å². The van der Waals surface area contributed by atoms with Gasteiger partial charge >= 0.3 is 18.3 Å². The van der Waals surface area contributed by atoms with Gasteiger partial charge in [-0.25, -0.2) is 14.3 Å². The Labute approximate surface area is 294 Å². The van der Waals surface area contributed by atoms with Crippen molar-refractivity contribution in [3.63, 3.8) is 0 Å². The number of pyridine rings is 1. The molecule has 0 bridgehead atoms. The van der Waals surface area contributed by atoms with E-state index in [-0.39, 0.29) is 24.1 Å². The average molecular weight is 746 g/mol. The Balaban J connectivity index is 1.77. The number of halogens is 8. The fourth-order valence-corrected chi connectivity index (χ4v) is 6.40. The van der Waals surface area contributed by atoms with Crippen molar-refractivity contribution >= 4 is 11.9 Å². The summed E-state index contributed by atoms with van der Waals surface area (Å²) in [6, 6.07) is 3.34. The number of alkyl halides is 7. The largest absolute Gasteiger partial charge is 0.481 e. The molecule has 4 rings (SSSR count). The molecule has 0 spiro atoms. The zero-order valence-electron chi connectivity index (χ0n) is 29.1. The zero-order valence-corrected chi connectivity index (χ0v) is 29.1. The second kappa shape index (κ2) is 15.3. The maximum absolute atomic E-state index is 15.7. The third-order valence-corrected chi connectivity index (χ3v) is 8.81. The van der Waals surface area contributed by atoms with Crippen molar-refractivity contribution in [2.45, 2.75) is 90.5 Å². The number of aliphatic carboxylic acids is 1. The maximum atomic E-state index is 15.7. The minimum atomic E-state index is -5.24. The lowest BCUT2D eigenvalue weighted by atomic mass is 9.90. The van der Waals surface area contributed by atoms with Gasteiger partial charge in [0.05, 0.1) is 17.5 Å². The van der Waals surface area contributed by atoms with Crippen LogP contribution >= 0.6 is 0 Å². The molecule has 52 heavy (non-hydrogen) atoms. The number of hydroxylamine groups is 1. The number of likely N-dealkylation sites (tertiary alicyclic amines) is 1. The van der Waals surface area contributed by atoms with E-state index >= 15 is 8.78 Å². The van der Waals surface area contributed by atoms with Gasteiger partial charge in [0.15, 0.2) is 0 Å². The highest BCUT2D eigenvalue weighted by Gasteiger charge is 2.39. The Morgan fingerprint density at radius 3 is 2.02 bits per heavy atom. The molecule has 16 heteroatoms. The fourth-order valence-electron chi connectivity index (χ4n) is 6.40. The highest BCUT2D eigenvalue weighted by Crippen LogP contribution is 2.41. The molecule has 2 N–H and O–H groups in total. The molecule has 2 aromatic carbocycles. The molecule has 0 radical (unpaired) electrons. The topological polar surface area (TPSA) is 101 Å². The SMILES string of the molecule is Cc1cc(C)c(-c2cc(C(CC(=O)O)ONC(=O)C(CC(C)(C)F)n3cc(CCN4CCC4)c(C(F)(F)F)cc3=O)c(F)c(C(F)(F)F)c2)c(C)c1. The Morgan fingerprint density at radius 1 is 0.923 bits per heavy atom. The molecule has 2 heterocycles. The number of amides is 1. The number of hydrogen-bond acceptors (Lipinski definition) is 5. The van der Waals surface area contributed by atoms with Gasteiger partial charge in [0.25, 0.3) is 11.5 Å². The van der Waals surface area contributed by atoms with E-state index in [1.54, 1.807) is 32.9 Å². The first kappa shape index (κ1) is 40.5. The van der Waals surface area contributed by atoms with Crippen molar-refractivity contribution in [3.05, 3.63) is 91.6 Å². The number of nitrogens with zero attached hydrogens (tertiary/aromatic N) is 2. The molecule has 1 amide bonds. The number of aryl methyl sites for hydroxylation is 3. The summed E-state index contributed by atoms with van der Waals surface area (Å²) in [6.07, 6.45) is -12.7. The minimum absolute atomic E-state index is 0.122. The first-order valence-corrected chi connectivity index (χ1v) is 16.4. The van der Waals surface area contributed by atoms with Gasteiger partial charge in [-0.1, -0.05) is 17.7 Å². The van der Waals surface area contributed by atoms with Crippen molar-refractivity contribution in [1.29, 1.82) is 0 Å². The Hall–Kier alpha value is -4.31. The summed E-state index contributed by atoms with van der Waals surface area (Å²) < 4.78 is 116. The third-order valence-electron chi connectivity index (χ3n) is 8.81. The fraction of sp³-hybridized carbons (Fsp3) is 0.472. The lowest BCUT2D eigenvalue weighted by Gasteiger charge is -2.31. The number of benzene rings is 2. The number of carbonyl (C=O) groups excluding carboxylic acids is 1. The highest BCUT2D eigenvalue weighted by atomic mass is 19.4. The number of carboxylic acid groups (broad SMARTS) is 1. The molecular formula is C36H39F8N3O5. The van der Waals surface area contributed by atoms with Crippen LogP contribution in [0.15, 0.2) is 41.3 Å². The molecule has 1 fully saturated rings. The maximum Gasteiger partial charge on any atom is 0.419 e. The monoisotopic (exact) mass is 745 g/mol. The van der Waals surface area contributed by atoms with Crippen molar-refractivity contribution < 1.29 is 54.7 Å². The van der Waals surface area contributed by atoms with Crippen LogP contribution in [0, 0.1) is 26.6 Å². The van der Waals surface area contributed by atoms with Crippen molar-refractivity contribution in [2.24, 2.45) is 0 Å². The van der Waals surface area contributed by atoms with E-state index in [1.807, 2.05) is 10.4 Å². The highest BCUT2D eigenvalue weighted by molar-refractivity contribution is 5.79. The lowest BCUT2D eigenvalue weighted by molar-refractivity contribution is -0.152. The number of carbonyl (C=O) groups is 2. The number of hydrogen-bond donors (Lipinski definition) is 2. The molecule has 1 aliphatic heterocycles. The Bertz CT molecular complexity index is 1850. The van der Waals surface area contributed by atoms with Crippen LogP contribution in [0.3, 0.4) is 0 Å². The van der Waals surface area contributed by atoms with Gasteiger partial charge in [-0.05, 0) is 100 Å². The number of nitrogens with one attached hydrogen (secondary N) is 1. The molecule has 1 aliphatic rings. The van der Waals surface area contributed by atoms with E-state index in [0.717, 1.165) is 38.1 Å². The third kappa shape index (κ3) is 9.76. The van der Waals surface area contributed by atoms with Gasteiger partial charge in [0.1, 0.15) is 23.6 Å². The van der Waals surface area contributed by atoms with Crippen LogP contribution in [0.25, 0.3) is 11.1 Å². The number of carboxylic acids is 1. The van der Waals surface area contributed by atoms with E-state index in [9.17, 15) is 45.8 Å². The van der Waals surface area contributed by atoms with Gasteiger partial charge in [-0.3, -0.25) is 19.2 Å². The van der Waals surface area contributed by atoms with E-state index in [0.29, 0.717) is 46.5 Å². The van der Waals surface area contributed by atoms with Crippen LogP contribution in [0.5, 0.6) is 0 Å². The van der Waals surface area contributed by atoms with Gasteiger partial charge in [0, 0.05) is 30.8 Å². The Kier molecular flexibility index (Phi) is 11.9. The normalized spacial score (nSPS) is 15.2. The molecule has 284 valence electrons. The predicted octanol–water partition coefficient (Wildman–Crippen LogP) is 7.81. The summed E-state index contributed by atoms with van der Waals surface area (Å²) in [5.74, 6) is -4.88. The van der Waals surface area contributed by atoms with E-state index in [1.165, 1.54) is 0 Å². The standard InChI is InChI=1S/C36H39F8N3O5/c1-19-11-20(2)31(21(3)12-19)23-13-24(32(37)26(14-23)36(42,43)44)28(16-30(49)50)52-45-33(51)27(17-34(4,5)38)47-18-22(7-10-46-8-6-9-46)25(15-29(47)48)35(39,40)41/h11-15,18,27-28H,6-10,16-17H2,1-5H3,(H,45,51)(H,49,50). The summed E-state index contributed by atoms with van der Waals surface area (Å²) in [5, 5.41) is 9.62. The van der Waals surface area contributed by atoms with E-state index in [4.69, 9.17) is 4.84 Å². The predicted molar refractivity (Wildman–Crippen MR) is 175 cm³/mol. The summed E-state index contributed by atoms with van der Waals surface area (Å²) in [5.41, 5.74) is -3.83. The molecule has 0 aliphatic carbocycles. The summed E-state index contributed by atoms with van der Waals surface area (Å²) in [6.45, 7) is 8.63. The van der Waals surface area contributed by atoms with Gasteiger partial charge in [-0.15, -0.1) is 0 Å². The van der Waals surface area contributed by atoms with Crippen molar-refractivity contribution in [2.75, 3.05) is 19.6 Å². The number of rotatable bonds is 13. The molecule has 8 nitrogen and oxygen atoms in total. The molecule has 3 aromatic rings. The van der Waals surface area contributed by atoms with Crippen LogP contribution in [-0.2, 0) is 33.2 Å². The van der Waals surface area contributed by atoms with Crippen LogP contribution in [0.1, 0.15) is 84.2 Å². The zero-order chi connectivity index (χ0) is 38.9. The van der Waals surface area contributed by atoms with Gasteiger partial charge < -0.3 is 14.6 Å². The second-order valence-corrected chi connectivity index (χ2v) is 13.7.